The first-order chi connectivity index (χ1) is 10.6. The first kappa shape index (κ1) is 13.8. The number of carboxylic acids is 1. The Morgan fingerprint density at radius 1 is 1.18 bits per heavy atom. The quantitative estimate of drug-likeness (QED) is 0.763. The molecule has 0 atom stereocenters. The number of carboxylic acid groups (broad SMARTS) is 1. The van der Waals surface area contributed by atoms with E-state index in [1.807, 2.05) is 0 Å². The third-order valence-electron chi connectivity index (χ3n) is 2.98. The van der Waals surface area contributed by atoms with Crippen LogP contribution in [0, 0.1) is 5.82 Å². The molecule has 110 valence electrons. The molecule has 2 aromatic carbocycles. The molecule has 0 unspecified atom stereocenters. The molecule has 0 aliphatic heterocycles. The van der Waals surface area contributed by atoms with Crippen molar-refractivity contribution in [3.05, 3.63) is 66.1 Å². The van der Waals surface area contributed by atoms with Crippen molar-refractivity contribution in [2.75, 3.05) is 5.32 Å². The standard InChI is InChI=1S/C16H11FN2O3/c17-12-5-2-6-13(8-12)19-16-18-9-14(22-16)10-3-1-4-11(7-10)15(20)21/h1-9H,(H,18,19)(H,20,21). The molecule has 0 radical (unpaired) electrons. The van der Waals surface area contributed by atoms with Gasteiger partial charge in [0.25, 0.3) is 6.01 Å². The van der Waals surface area contributed by atoms with Crippen molar-refractivity contribution in [2.45, 2.75) is 0 Å². The zero-order valence-corrected chi connectivity index (χ0v) is 11.3. The van der Waals surface area contributed by atoms with Crippen molar-refractivity contribution < 1.29 is 18.7 Å². The number of hydrogen-bond donors (Lipinski definition) is 2. The van der Waals surface area contributed by atoms with Gasteiger partial charge in [0.2, 0.25) is 0 Å². The van der Waals surface area contributed by atoms with Gasteiger partial charge in [0.15, 0.2) is 5.76 Å². The summed E-state index contributed by atoms with van der Waals surface area (Å²) in [4.78, 5) is 15.0. The van der Waals surface area contributed by atoms with Crippen LogP contribution in [0.3, 0.4) is 0 Å². The predicted octanol–water partition coefficient (Wildman–Crippen LogP) is 3.92. The molecule has 3 rings (SSSR count). The summed E-state index contributed by atoms with van der Waals surface area (Å²) in [5.74, 6) is -0.965. The average molecular weight is 298 g/mol. The van der Waals surface area contributed by atoms with Crippen molar-refractivity contribution in [3.63, 3.8) is 0 Å². The average Bonchev–Trinajstić information content (AvgIpc) is 2.96. The Balaban J connectivity index is 1.84. The van der Waals surface area contributed by atoms with Crippen molar-refractivity contribution in [1.29, 1.82) is 0 Å². The number of aromatic carboxylic acids is 1. The van der Waals surface area contributed by atoms with Gasteiger partial charge in [0, 0.05) is 11.3 Å². The van der Waals surface area contributed by atoms with Crippen molar-refractivity contribution in [2.24, 2.45) is 0 Å². The Morgan fingerprint density at radius 3 is 2.77 bits per heavy atom. The Morgan fingerprint density at radius 2 is 2.00 bits per heavy atom. The normalized spacial score (nSPS) is 10.4. The number of halogens is 1. The Hall–Kier alpha value is -3.15. The minimum absolute atomic E-state index is 0.161. The summed E-state index contributed by atoms with van der Waals surface area (Å²) in [7, 11) is 0. The molecule has 1 heterocycles. The van der Waals surface area contributed by atoms with E-state index in [9.17, 15) is 9.18 Å². The van der Waals surface area contributed by atoms with Crippen molar-refractivity contribution in [3.8, 4) is 11.3 Å². The highest BCUT2D eigenvalue weighted by Crippen LogP contribution is 2.25. The highest BCUT2D eigenvalue weighted by atomic mass is 19.1. The summed E-state index contributed by atoms with van der Waals surface area (Å²) < 4.78 is 18.6. The van der Waals surface area contributed by atoms with E-state index in [1.54, 1.807) is 24.3 Å². The summed E-state index contributed by atoms with van der Waals surface area (Å²) in [6.45, 7) is 0. The van der Waals surface area contributed by atoms with E-state index >= 15 is 0 Å². The van der Waals surface area contributed by atoms with Gasteiger partial charge in [0.05, 0.1) is 11.8 Å². The molecular weight excluding hydrogens is 287 g/mol. The lowest BCUT2D eigenvalue weighted by atomic mass is 10.1. The first-order valence-corrected chi connectivity index (χ1v) is 6.44. The molecule has 0 fully saturated rings. The number of aromatic nitrogens is 1. The Bertz CT molecular complexity index is 830. The molecule has 0 saturated heterocycles. The number of anilines is 2. The minimum atomic E-state index is -1.01. The molecule has 22 heavy (non-hydrogen) atoms. The first-order valence-electron chi connectivity index (χ1n) is 6.44. The van der Waals surface area contributed by atoms with Gasteiger partial charge in [-0.25, -0.2) is 14.2 Å². The maximum Gasteiger partial charge on any atom is 0.335 e. The SMILES string of the molecule is O=C(O)c1cccc(-c2cnc(Nc3cccc(F)c3)o2)c1. The van der Waals surface area contributed by atoms with E-state index in [2.05, 4.69) is 10.3 Å². The molecule has 0 saturated carbocycles. The molecule has 0 bridgehead atoms. The molecule has 6 heteroatoms. The van der Waals surface area contributed by atoms with E-state index in [0.717, 1.165) is 0 Å². The zero-order valence-electron chi connectivity index (χ0n) is 11.3. The van der Waals surface area contributed by atoms with E-state index < -0.39 is 5.97 Å². The molecule has 2 N–H and O–H groups in total. The highest BCUT2D eigenvalue weighted by molar-refractivity contribution is 5.89. The van der Waals surface area contributed by atoms with Crippen LogP contribution in [0.2, 0.25) is 0 Å². The zero-order chi connectivity index (χ0) is 15.5. The number of benzene rings is 2. The van der Waals surface area contributed by atoms with Gasteiger partial charge in [0.1, 0.15) is 5.82 Å². The van der Waals surface area contributed by atoms with Gasteiger partial charge < -0.3 is 14.8 Å². The van der Waals surface area contributed by atoms with Gasteiger partial charge in [-0.05, 0) is 30.3 Å². The van der Waals surface area contributed by atoms with Gasteiger partial charge in [-0.15, -0.1) is 0 Å². The van der Waals surface area contributed by atoms with Crippen LogP contribution in [0.1, 0.15) is 10.4 Å². The van der Waals surface area contributed by atoms with Crippen LogP contribution in [0.4, 0.5) is 16.1 Å². The lowest BCUT2D eigenvalue weighted by Crippen LogP contribution is -1.95. The van der Waals surface area contributed by atoms with Crippen LogP contribution in [0.25, 0.3) is 11.3 Å². The third-order valence-corrected chi connectivity index (χ3v) is 2.98. The van der Waals surface area contributed by atoms with Gasteiger partial charge >= 0.3 is 5.97 Å². The maximum absolute atomic E-state index is 13.1. The van der Waals surface area contributed by atoms with Gasteiger partial charge in [-0.1, -0.05) is 18.2 Å². The van der Waals surface area contributed by atoms with Crippen LogP contribution in [-0.2, 0) is 0 Å². The number of rotatable bonds is 4. The summed E-state index contributed by atoms with van der Waals surface area (Å²) in [5, 5.41) is 11.8. The number of nitrogens with zero attached hydrogens (tertiary/aromatic N) is 1. The topological polar surface area (TPSA) is 75.4 Å². The number of hydrogen-bond acceptors (Lipinski definition) is 4. The molecule has 3 aromatic rings. The summed E-state index contributed by atoms with van der Waals surface area (Å²) >= 11 is 0. The van der Waals surface area contributed by atoms with E-state index in [-0.39, 0.29) is 17.4 Å². The van der Waals surface area contributed by atoms with Crippen LogP contribution < -0.4 is 5.32 Å². The largest absolute Gasteiger partial charge is 0.478 e. The Labute approximate surface area is 125 Å². The van der Waals surface area contributed by atoms with E-state index in [0.29, 0.717) is 17.0 Å². The Kier molecular flexibility index (Phi) is 3.57. The second-order valence-electron chi connectivity index (χ2n) is 4.55. The number of nitrogens with one attached hydrogen (secondary N) is 1. The molecule has 0 aliphatic carbocycles. The summed E-state index contributed by atoms with van der Waals surface area (Å²) in [5.41, 5.74) is 1.26. The summed E-state index contributed by atoms with van der Waals surface area (Å²) in [6, 6.07) is 12.4. The lowest BCUT2D eigenvalue weighted by Gasteiger charge is -2.01. The number of oxazole rings is 1. The molecule has 1 aromatic heterocycles. The van der Waals surface area contributed by atoms with Crippen LogP contribution in [0.5, 0.6) is 0 Å². The minimum Gasteiger partial charge on any atom is -0.478 e. The summed E-state index contributed by atoms with van der Waals surface area (Å²) in [6.07, 6.45) is 1.47. The molecule has 0 aliphatic rings. The maximum atomic E-state index is 13.1. The van der Waals surface area contributed by atoms with Gasteiger partial charge in [-0.3, -0.25) is 0 Å². The number of carbonyl (C=O) groups is 1. The fraction of sp³-hybridized carbons (Fsp3) is 0. The molecule has 5 nitrogen and oxygen atoms in total. The molecule has 0 amide bonds. The van der Waals surface area contributed by atoms with Crippen LogP contribution >= 0.6 is 0 Å². The second-order valence-corrected chi connectivity index (χ2v) is 4.55. The fourth-order valence-corrected chi connectivity index (χ4v) is 1.96. The highest BCUT2D eigenvalue weighted by Gasteiger charge is 2.09. The monoisotopic (exact) mass is 298 g/mol. The van der Waals surface area contributed by atoms with Gasteiger partial charge in [-0.2, -0.15) is 0 Å². The lowest BCUT2D eigenvalue weighted by molar-refractivity contribution is 0.0697. The van der Waals surface area contributed by atoms with Crippen LogP contribution in [-0.4, -0.2) is 16.1 Å². The smallest absolute Gasteiger partial charge is 0.335 e. The molecule has 0 spiro atoms. The van der Waals surface area contributed by atoms with Crippen molar-refractivity contribution in [1.82, 2.24) is 4.98 Å². The van der Waals surface area contributed by atoms with E-state index in [4.69, 9.17) is 9.52 Å². The third kappa shape index (κ3) is 2.95. The fourth-order valence-electron chi connectivity index (χ4n) is 1.96. The van der Waals surface area contributed by atoms with Crippen molar-refractivity contribution >= 4 is 17.7 Å². The molecular formula is C16H11FN2O3. The van der Waals surface area contributed by atoms with Crippen LogP contribution in [0.15, 0.2) is 59.1 Å². The van der Waals surface area contributed by atoms with E-state index in [1.165, 1.54) is 30.5 Å². The predicted molar refractivity (Wildman–Crippen MR) is 78.6 cm³/mol. The second kappa shape index (κ2) is 5.69.